The predicted molar refractivity (Wildman–Crippen MR) is 77.5 cm³/mol. The van der Waals surface area contributed by atoms with E-state index < -0.39 is 4.92 Å². The van der Waals surface area contributed by atoms with Gasteiger partial charge in [0, 0.05) is 11.6 Å². The summed E-state index contributed by atoms with van der Waals surface area (Å²) in [6.45, 7) is 3.89. The summed E-state index contributed by atoms with van der Waals surface area (Å²) in [5, 5.41) is 10.7. The first-order chi connectivity index (χ1) is 10.2. The highest BCUT2D eigenvalue weighted by Crippen LogP contribution is 2.22. The third-order valence-electron chi connectivity index (χ3n) is 3.56. The summed E-state index contributed by atoms with van der Waals surface area (Å²) in [5.41, 5.74) is 0. The van der Waals surface area contributed by atoms with Crippen molar-refractivity contribution in [2.24, 2.45) is 0 Å². The minimum atomic E-state index is -0.513. The molecule has 2 heterocycles. The molecule has 1 aromatic heterocycles. The lowest BCUT2D eigenvalue weighted by molar-refractivity contribution is -0.389. The molecule has 0 aliphatic carbocycles. The number of nitro groups is 1. The zero-order valence-electron chi connectivity index (χ0n) is 12.5. The molecule has 1 aliphatic rings. The van der Waals surface area contributed by atoms with Crippen LogP contribution in [0.2, 0.25) is 0 Å². The smallest absolute Gasteiger partial charge is 0.414 e. The van der Waals surface area contributed by atoms with Gasteiger partial charge in [-0.05, 0) is 11.3 Å². The Bertz CT molecular complexity index is 461. The van der Waals surface area contributed by atoms with Gasteiger partial charge >= 0.3 is 11.8 Å². The number of aromatic nitrogens is 2. The van der Waals surface area contributed by atoms with Gasteiger partial charge in [0.25, 0.3) is 0 Å². The Labute approximate surface area is 124 Å². The van der Waals surface area contributed by atoms with Gasteiger partial charge in [-0.15, -0.1) is 0 Å². The second-order valence-electron chi connectivity index (χ2n) is 5.36. The number of unbranched alkanes of at least 4 members (excludes halogenated alkanes) is 5. The number of nitrogens with zero attached hydrogens (tertiary/aromatic N) is 3. The maximum Gasteiger partial charge on any atom is 0.414 e. The first-order valence-corrected chi connectivity index (χ1v) is 7.66. The molecule has 0 amide bonds. The van der Waals surface area contributed by atoms with Crippen LogP contribution in [0, 0.1) is 10.1 Å². The summed E-state index contributed by atoms with van der Waals surface area (Å²) in [6.07, 6.45) is 8.71. The van der Waals surface area contributed by atoms with E-state index in [9.17, 15) is 10.1 Å². The summed E-state index contributed by atoms with van der Waals surface area (Å²) in [7, 11) is 0. The Morgan fingerprint density at radius 3 is 2.95 bits per heavy atom. The van der Waals surface area contributed by atoms with E-state index in [1.807, 2.05) is 0 Å². The second kappa shape index (κ2) is 7.97. The van der Waals surface area contributed by atoms with Gasteiger partial charge in [-0.1, -0.05) is 39.0 Å². The van der Waals surface area contributed by atoms with Crippen molar-refractivity contribution in [1.82, 2.24) is 9.55 Å². The lowest BCUT2D eigenvalue weighted by Crippen LogP contribution is -2.32. The van der Waals surface area contributed by atoms with Crippen molar-refractivity contribution in [3.63, 3.8) is 0 Å². The topological polar surface area (TPSA) is 79.4 Å². The van der Waals surface area contributed by atoms with E-state index in [0.29, 0.717) is 25.8 Å². The van der Waals surface area contributed by atoms with Gasteiger partial charge in [0.05, 0.1) is 6.54 Å². The quantitative estimate of drug-likeness (QED) is 0.398. The number of rotatable bonds is 9. The van der Waals surface area contributed by atoms with E-state index in [1.165, 1.54) is 38.3 Å². The molecule has 1 aromatic rings. The molecule has 7 heteroatoms. The van der Waals surface area contributed by atoms with Gasteiger partial charge in [0.2, 0.25) is 0 Å². The van der Waals surface area contributed by atoms with Crippen molar-refractivity contribution in [2.75, 3.05) is 13.2 Å². The summed E-state index contributed by atoms with van der Waals surface area (Å²) in [6, 6.07) is 0.307. The molecule has 0 unspecified atom stereocenters. The Morgan fingerprint density at radius 1 is 1.43 bits per heavy atom. The molecule has 0 fully saturated rings. The molecule has 0 N–H and O–H groups in total. The van der Waals surface area contributed by atoms with Crippen LogP contribution < -0.4 is 4.74 Å². The van der Waals surface area contributed by atoms with Crippen LogP contribution >= 0.6 is 0 Å². The number of ether oxygens (including phenoxy) is 2. The van der Waals surface area contributed by atoms with Crippen LogP contribution in [0.25, 0.3) is 0 Å². The molecule has 118 valence electrons. The Kier molecular flexibility index (Phi) is 5.98. The van der Waals surface area contributed by atoms with E-state index >= 15 is 0 Å². The summed E-state index contributed by atoms with van der Waals surface area (Å²) >= 11 is 0. The summed E-state index contributed by atoms with van der Waals surface area (Å²) in [4.78, 5) is 14.0. The summed E-state index contributed by atoms with van der Waals surface area (Å²) < 4.78 is 12.8. The van der Waals surface area contributed by atoms with E-state index in [4.69, 9.17) is 9.47 Å². The normalized spacial score (nSPS) is 17.3. The molecular formula is C14H23N3O4. The fraction of sp³-hybridized carbons (Fsp3) is 0.786. The average molecular weight is 297 g/mol. The van der Waals surface area contributed by atoms with Crippen LogP contribution in [0.1, 0.15) is 45.4 Å². The number of hydrogen-bond donors (Lipinski definition) is 0. The SMILES string of the molecule is CCCCCCCCO[C@H]1COc2nc([N+](=O)[O-])cn2C1. The fourth-order valence-electron chi connectivity index (χ4n) is 2.39. The third-order valence-corrected chi connectivity index (χ3v) is 3.56. The van der Waals surface area contributed by atoms with E-state index in [-0.39, 0.29) is 11.9 Å². The molecule has 0 saturated carbocycles. The molecule has 7 nitrogen and oxygen atoms in total. The van der Waals surface area contributed by atoms with Crippen molar-refractivity contribution >= 4 is 5.82 Å². The maximum absolute atomic E-state index is 10.7. The zero-order valence-corrected chi connectivity index (χ0v) is 12.5. The average Bonchev–Trinajstić information content (AvgIpc) is 2.90. The molecule has 0 saturated heterocycles. The van der Waals surface area contributed by atoms with E-state index in [2.05, 4.69) is 11.9 Å². The molecular weight excluding hydrogens is 274 g/mol. The Hall–Kier alpha value is -1.63. The fourth-order valence-corrected chi connectivity index (χ4v) is 2.39. The largest absolute Gasteiger partial charge is 0.443 e. The highest BCUT2D eigenvalue weighted by atomic mass is 16.6. The van der Waals surface area contributed by atoms with Crippen LogP contribution in [-0.2, 0) is 11.3 Å². The number of imidazole rings is 1. The molecule has 2 rings (SSSR count). The van der Waals surface area contributed by atoms with Gasteiger partial charge in [0.15, 0.2) is 0 Å². The predicted octanol–water partition coefficient (Wildman–Crippen LogP) is 2.93. The van der Waals surface area contributed by atoms with Crippen LogP contribution in [-0.4, -0.2) is 33.8 Å². The van der Waals surface area contributed by atoms with Crippen molar-refractivity contribution < 1.29 is 14.4 Å². The van der Waals surface area contributed by atoms with Crippen molar-refractivity contribution in [2.45, 2.75) is 58.1 Å². The number of hydrogen-bond acceptors (Lipinski definition) is 5. The van der Waals surface area contributed by atoms with Gasteiger partial charge in [-0.3, -0.25) is 4.57 Å². The maximum atomic E-state index is 10.7. The lowest BCUT2D eigenvalue weighted by atomic mass is 10.1. The molecule has 0 spiro atoms. The first-order valence-electron chi connectivity index (χ1n) is 7.66. The van der Waals surface area contributed by atoms with E-state index in [0.717, 1.165) is 6.42 Å². The standard InChI is InChI=1S/C14H23N3O4/c1-2-3-4-5-6-7-8-20-12-9-16-10-13(17(18)19)15-14(16)21-11-12/h10,12H,2-9,11H2,1H3/t12-/m1/s1. The monoisotopic (exact) mass is 297 g/mol. The van der Waals surface area contributed by atoms with Crippen LogP contribution in [0.3, 0.4) is 0 Å². The van der Waals surface area contributed by atoms with Crippen molar-refractivity contribution in [1.29, 1.82) is 0 Å². The second-order valence-corrected chi connectivity index (χ2v) is 5.36. The highest BCUT2D eigenvalue weighted by molar-refractivity contribution is 5.21. The van der Waals surface area contributed by atoms with Crippen LogP contribution in [0.4, 0.5) is 5.82 Å². The summed E-state index contributed by atoms with van der Waals surface area (Å²) in [5.74, 6) is -0.179. The number of fused-ring (bicyclic) bond motifs is 1. The van der Waals surface area contributed by atoms with Crippen molar-refractivity contribution in [3.8, 4) is 6.01 Å². The van der Waals surface area contributed by atoms with Crippen LogP contribution in [0.5, 0.6) is 6.01 Å². The van der Waals surface area contributed by atoms with Crippen molar-refractivity contribution in [3.05, 3.63) is 16.3 Å². The lowest BCUT2D eigenvalue weighted by Gasteiger charge is -2.22. The minimum Gasteiger partial charge on any atom is -0.443 e. The van der Waals surface area contributed by atoms with Gasteiger partial charge in [0.1, 0.15) is 18.9 Å². The van der Waals surface area contributed by atoms with Gasteiger partial charge < -0.3 is 19.6 Å². The zero-order chi connectivity index (χ0) is 15.1. The Balaban J connectivity index is 1.66. The molecule has 0 aromatic carbocycles. The van der Waals surface area contributed by atoms with Gasteiger partial charge in [-0.2, -0.15) is 0 Å². The molecule has 0 bridgehead atoms. The molecule has 1 aliphatic heterocycles. The Morgan fingerprint density at radius 2 is 2.19 bits per heavy atom. The van der Waals surface area contributed by atoms with E-state index in [1.54, 1.807) is 4.57 Å². The molecule has 1 atom stereocenters. The first kappa shape index (κ1) is 15.8. The third kappa shape index (κ3) is 4.70. The minimum absolute atomic E-state index is 0.0538. The van der Waals surface area contributed by atoms with Gasteiger partial charge in [-0.25, -0.2) is 0 Å². The molecule has 21 heavy (non-hydrogen) atoms. The highest BCUT2D eigenvalue weighted by Gasteiger charge is 2.27. The van der Waals surface area contributed by atoms with Crippen LogP contribution in [0.15, 0.2) is 6.20 Å². The molecule has 0 radical (unpaired) electrons.